The smallest absolute Gasteiger partial charge is 0.359 e. The van der Waals surface area contributed by atoms with Gasteiger partial charge in [0, 0.05) is 0 Å². The van der Waals surface area contributed by atoms with Crippen LogP contribution in [-0.4, -0.2) is 56.7 Å². The molecule has 0 aromatic carbocycles. The van der Waals surface area contributed by atoms with Crippen molar-refractivity contribution in [2.75, 3.05) is 18.4 Å². The molecule has 2 rings (SSSR count). The standard InChI is InChI=1S/C14H22F3N5O2/c1-12(2,3)22-8-18-10(20-22)19-11(23)21-6-9(14(15,16)17)24-13(4,5)7-21/h8-9H,6-7H2,1-5H3,(H,19,20,23). The Morgan fingerprint density at radius 3 is 2.50 bits per heavy atom. The number of urea groups is 1. The van der Waals surface area contributed by atoms with E-state index >= 15 is 0 Å². The van der Waals surface area contributed by atoms with Gasteiger partial charge in [0.2, 0.25) is 5.95 Å². The number of nitrogens with zero attached hydrogens (tertiary/aromatic N) is 4. The molecule has 0 saturated carbocycles. The predicted octanol–water partition coefficient (Wildman–Crippen LogP) is 2.61. The van der Waals surface area contributed by atoms with Crippen LogP contribution in [0.25, 0.3) is 0 Å². The van der Waals surface area contributed by atoms with Crippen molar-refractivity contribution in [2.24, 2.45) is 0 Å². The molecule has 1 aromatic heterocycles. The summed E-state index contributed by atoms with van der Waals surface area (Å²) in [5.41, 5.74) is -1.42. The van der Waals surface area contributed by atoms with Crippen LogP contribution in [0, 0.1) is 0 Å². The Kier molecular flexibility index (Phi) is 4.55. The Balaban J connectivity index is 2.09. The van der Waals surface area contributed by atoms with Gasteiger partial charge in [0.25, 0.3) is 0 Å². The Morgan fingerprint density at radius 1 is 1.38 bits per heavy atom. The lowest BCUT2D eigenvalue weighted by atomic mass is 10.1. The second kappa shape index (κ2) is 5.91. The molecule has 136 valence electrons. The summed E-state index contributed by atoms with van der Waals surface area (Å²) in [6.07, 6.45) is -5.10. The number of halogens is 3. The van der Waals surface area contributed by atoms with Crippen molar-refractivity contribution < 1.29 is 22.7 Å². The van der Waals surface area contributed by atoms with E-state index in [-0.39, 0.29) is 18.0 Å². The van der Waals surface area contributed by atoms with E-state index < -0.39 is 30.5 Å². The van der Waals surface area contributed by atoms with E-state index in [9.17, 15) is 18.0 Å². The van der Waals surface area contributed by atoms with Gasteiger partial charge in [-0.15, -0.1) is 5.10 Å². The van der Waals surface area contributed by atoms with Gasteiger partial charge in [0.1, 0.15) is 6.33 Å². The second-order valence-electron chi connectivity index (χ2n) is 7.40. The Labute approximate surface area is 138 Å². The van der Waals surface area contributed by atoms with Crippen molar-refractivity contribution in [2.45, 2.75) is 58.0 Å². The average Bonchev–Trinajstić information content (AvgIpc) is 2.84. The number of anilines is 1. The third-order valence-electron chi connectivity index (χ3n) is 3.47. The monoisotopic (exact) mass is 349 g/mol. The van der Waals surface area contributed by atoms with Crippen molar-refractivity contribution in [3.8, 4) is 0 Å². The number of amides is 2. The summed E-state index contributed by atoms with van der Waals surface area (Å²) in [5, 5.41) is 6.55. The molecular weight excluding hydrogens is 327 g/mol. The molecule has 7 nitrogen and oxygen atoms in total. The van der Waals surface area contributed by atoms with Crippen LogP contribution in [0.2, 0.25) is 0 Å². The minimum absolute atomic E-state index is 0.0331. The van der Waals surface area contributed by atoms with Gasteiger partial charge in [-0.2, -0.15) is 13.2 Å². The van der Waals surface area contributed by atoms with Crippen LogP contribution in [0.5, 0.6) is 0 Å². The van der Waals surface area contributed by atoms with Crippen molar-refractivity contribution in [1.29, 1.82) is 0 Å². The Morgan fingerprint density at radius 2 is 2.00 bits per heavy atom. The number of ether oxygens (including phenoxy) is 1. The number of nitrogens with one attached hydrogen (secondary N) is 1. The third kappa shape index (κ3) is 4.37. The number of carbonyl (C=O) groups is 1. The number of hydrogen-bond donors (Lipinski definition) is 1. The fourth-order valence-electron chi connectivity index (χ4n) is 2.33. The molecule has 0 aliphatic carbocycles. The summed E-state index contributed by atoms with van der Waals surface area (Å²) in [4.78, 5) is 17.3. The molecule has 1 saturated heterocycles. The first-order chi connectivity index (χ1) is 10.8. The van der Waals surface area contributed by atoms with Crippen molar-refractivity contribution >= 4 is 12.0 Å². The highest BCUT2D eigenvalue weighted by atomic mass is 19.4. The van der Waals surface area contributed by atoms with E-state index in [0.29, 0.717) is 0 Å². The molecule has 0 spiro atoms. The predicted molar refractivity (Wildman–Crippen MR) is 80.6 cm³/mol. The SMILES string of the molecule is CC1(C)CN(C(=O)Nc2ncn(C(C)(C)C)n2)CC(C(F)(F)F)O1. The van der Waals surface area contributed by atoms with E-state index in [4.69, 9.17) is 4.74 Å². The van der Waals surface area contributed by atoms with Crippen LogP contribution in [0.15, 0.2) is 6.33 Å². The molecule has 0 radical (unpaired) electrons. The maximum Gasteiger partial charge on any atom is 0.416 e. The summed E-state index contributed by atoms with van der Waals surface area (Å²) in [7, 11) is 0. The number of hydrogen-bond acceptors (Lipinski definition) is 4. The first-order valence-electron chi connectivity index (χ1n) is 7.50. The zero-order chi connectivity index (χ0) is 18.3. The molecular formula is C14H22F3N5O2. The molecule has 1 unspecified atom stereocenters. The maximum atomic E-state index is 13.0. The summed E-state index contributed by atoms with van der Waals surface area (Å²) in [6, 6.07) is -0.688. The van der Waals surface area contributed by atoms with Gasteiger partial charge < -0.3 is 9.64 Å². The van der Waals surface area contributed by atoms with Gasteiger partial charge in [-0.05, 0) is 34.6 Å². The van der Waals surface area contributed by atoms with Crippen LogP contribution in [0.1, 0.15) is 34.6 Å². The number of aromatic nitrogens is 3. The van der Waals surface area contributed by atoms with E-state index in [0.717, 1.165) is 4.90 Å². The minimum Gasteiger partial charge on any atom is -0.359 e. The normalized spacial score (nSPS) is 21.7. The Hall–Kier alpha value is -1.84. The summed E-state index contributed by atoms with van der Waals surface area (Å²) >= 11 is 0. The number of rotatable bonds is 1. The lowest BCUT2D eigenvalue weighted by Gasteiger charge is -2.42. The number of morpholine rings is 1. The van der Waals surface area contributed by atoms with Gasteiger partial charge in [0.15, 0.2) is 6.10 Å². The molecule has 1 aliphatic heterocycles. The van der Waals surface area contributed by atoms with Crippen LogP contribution in [0.3, 0.4) is 0 Å². The van der Waals surface area contributed by atoms with Gasteiger partial charge in [-0.3, -0.25) is 5.32 Å². The first kappa shape index (κ1) is 18.5. The summed E-state index contributed by atoms with van der Waals surface area (Å²) < 4.78 is 45.5. The highest BCUT2D eigenvalue weighted by Crippen LogP contribution is 2.31. The number of alkyl halides is 3. The van der Waals surface area contributed by atoms with E-state index in [1.807, 2.05) is 20.8 Å². The van der Waals surface area contributed by atoms with E-state index in [1.54, 1.807) is 4.68 Å². The third-order valence-corrected chi connectivity index (χ3v) is 3.47. The zero-order valence-corrected chi connectivity index (χ0v) is 14.3. The number of carbonyl (C=O) groups excluding carboxylic acids is 1. The molecule has 10 heteroatoms. The highest BCUT2D eigenvalue weighted by Gasteiger charge is 2.49. The van der Waals surface area contributed by atoms with E-state index in [2.05, 4.69) is 15.4 Å². The van der Waals surface area contributed by atoms with Gasteiger partial charge >= 0.3 is 12.2 Å². The Bertz CT molecular complexity index is 606. The average molecular weight is 349 g/mol. The van der Waals surface area contributed by atoms with Crippen LogP contribution in [0.4, 0.5) is 23.9 Å². The highest BCUT2D eigenvalue weighted by molar-refractivity contribution is 5.87. The minimum atomic E-state index is -4.54. The largest absolute Gasteiger partial charge is 0.416 e. The zero-order valence-electron chi connectivity index (χ0n) is 14.3. The molecule has 0 bridgehead atoms. The molecule has 1 aliphatic rings. The summed E-state index contributed by atoms with van der Waals surface area (Å²) in [6.45, 7) is 8.21. The fraction of sp³-hybridized carbons (Fsp3) is 0.786. The molecule has 1 fully saturated rings. The summed E-state index contributed by atoms with van der Waals surface area (Å²) in [5.74, 6) is 0.0442. The quantitative estimate of drug-likeness (QED) is 0.846. The lowest BCUT2D eigenvalue weighted by Crippen LogP contribution is -2.59. The lowest BCUT2D eigenvalue weighted by molar-refractivity contribution is -0.267. The molecule has 1 atom stereocenters. The van der Waals surface area contributed by atoms with Gasteiger partial charge in [-0.1, -0.05) is 0 Å². The first-order valence-corrected chi connectivity index (χ1v) is 7.50. The molecule has 1 N–H and O–H groups in total. The fourth-order valence-corrected chi connectivity index (χ4v) is 2.33. The van der Waals surface area contributed by atoms with Gasteiger partial charge in [-0.25, -0.2) is 14.5 Å². The van der Waals surface area contributed by atoms with Crippen molar-refractivity contribution in [1.82, 2.24) is 19.7 Å². The topological polar surface area (TPSA) is 72.3 Å². The molecule has 24 heavy (non-hydrogen) atoms. The van der Waals surface area contributed by atoms with Crippen LogP contribution in [-0.2, 0) is 10.3 Å². The van der Waals surface area contributed by atoms with Crippen LogP contribution >= 0.6 is 0 Å². The maximum absolute atomic E-state index is 13.0. The van der Waals surface area contributed by atoms with Crippen molar-refractivity contribution in [3.63, 3.8) is 0 Å². The van der Waals surface area contributed by atoms with Crippen molar-refractivity contribution in [3.05, 3.63) is 6.33 Å². The molecule has 2 heterocycles. The second-order valence-corrected chi connectivity index (χ2v) is 7.40. The van der Waals surface area contributed by atoms with Crippen LogP contribution < -0.4 is 5.32 Å². The van der Waals surface area contributed by atoms with Gasteiger partial charge in [0.05, 0.1) is 24.2 Å². The molecule has 1 aromatic rings. The molecule has 2 amide bonds. The van der Waals surface area contributed by atoms with E-state index in [1.165, 1.54) is 20.2 Å².